The summed E-state index contributed by atoms with van der Waals surface area (Å²) in [6, 6.07) is 6.49. The quantitative estimate of drug-likeness (QED) is 0.910. The summed E-state index contributed by atoms with van der Waals surface area (Å²) in [5.74, 6) is 0.216. The van der Waals surface area contributed by atoms with Gasteiger partial charge >= 0.3 is 0 Å². The van der Waals surface area contributed by atoms with Gasteiger partial charge in [0, 0.05) is 22.7 Å². The molecule has 0 saturated heterocycles. The highest BCUT2D eigenvalue weighted by Crippen LogP contribution is 2.32. The fourth-order valence-electron chi connectivity index (χ4n) is 1.83. The largest absolute Gasteiger partial charge is 0.493 e. The van der Waals surface area contributed by atoms with Crippen LogP contribution in [0.4, 0.5) is 4.39 Å². The molecule has 3 nitrogen and oxygen atoms in total. The van der Waals surface area contributed by atoms with Crippen LogP contribution in [0.1, 0.15) is 33.4 Å². The summed E-state index contributed by atoms with van der Waals surface area (Å²) in [4.78, 5) is 0. The highest BCUT2D eigenvalue weighted by Gasteiger charge is 2.18. The van der Waals surface area contributed by atoms with E-state index in [2.05, 4.69) is 31.0 Å². The standard InChI is InChI=1S/C15H19FN2O/c1-5-19-13-8-10(16)6-7-11(13)12-9-14(18-17-12)15(2,3)4/h6-9H,5H2,1-4H3,(H,17,18). The maximum absolute atomic E-state index is 13.3. The first kappa shape index (κ1) is 13.6. The Balaban J connectivity index is 2.44. The van der Waals surface area contributed by atoms with E-state index in [1.807, 2.05) is 13.0 Å². The Kier molecular flexibility index (Phi) is 3.60. The monoisotopic (exact) mass is 262 g/mol. The lowest BCUT2D eigenvalue weighted by molar-refractivity contribution is 0.339. The van der Waals surface area contributed by atoms with E-state index < -0.39 is 0 Å². The molecule has 0 atom stereocenters. The van der Waals surface area contributed by atoms with Gasteiger partial charge in [0.1, 0.15) is 11.6 Å². The van der Waals surface area contributed by atoms with Crippen LogP contribution in [-0.4, -0.2) is 16.8 Å². The topological polar surface area (TPSA) is 37.9 Å². The minimum atomic E-state index is -0.307. The number of hydrogen-bond donors (Lipinski definition) is 1. The van der Waals surface area contributed by atoms with Crippen molar-refractivity contribution in [2.45, 2.75) is 33.1 Å². The van der Waals surface area contributed by atoms with E-state index in [1.54, 1.807) is 6.07 Å². The first-order chi connectivity index (χ1) is 8.91. The summed E-state index contributed by atoms with van der Waals surface area (Å²) in [6.07, 6.45) is 0. The number of H-pyrrole nitrogens is 1. The van der Waals surface area contributed by atoms with E-state index in [0.29, 0.717) is 12.4 Å². The second-order valence-electron chi connectivity index (χ2n) is 5.49. The van der Waals surface area contributed by atoms with Gasteiger partial charge in [0.2, 0.25) is 0 Å². The van der Waals surface area contributed by atoms with Crippen molar-refractivity contribution in [3.8, 4) is 17.0 Å². The lowest BCUT2D eigenvalue weighted by Gasteiger charge is -2.14. The molecule has 0 spiro atoms. The molecule has 102 valence electrons. The van der Waals surface area contributed by atoms with Crippen LogP contribution in [0.15, 0.2) is 24.3 Å². The average molecular weight is 262 g/mol. The van der Waals surface area contributed by atoms with Gasteiger partial charge < -0.3 is 4.74 Å². The summed E-state index contributed by atoms with van der Waals surface area (Å²) in [6.45, 7) is 8.70. The van der Waals surface area contributed by atoms with Crippen LogP contribution in [0.5, 0.6) is 5.75 Å². The second kappa shape index (κ2) is 5.03. The minimum absolute atomic E-state index is 0.00292. The SMILES string of the molecule is CCOc1cc(F)ccc1-c1cc(C(C)(C)C)[nH]n1. The molecule has 0 fully saturated rings. The second-order valence-corrected chi connectivity index (χ2v) is 5.49. The van der Waals surface area contributed by atoms with E-state index >= 15 is 0 Å². The van der Waals surface area contributed by atoms with Crippen molar-refractivity contribution in [3.05, 3.63) is 35.8 Å². The number of nitrogens with one attached hydrogen (secondary N) is 1. The van der Waals surface area contributed by atoms with E-state index in [1.165, 1.54) is 12.1 Å². The minimum Gasteiger partial charge on any atom is -0.493 e. The normalized spacial score (nSPS) is 11.6. The van der Waals surface area contributed by atoms with Crippen molar-refractivity contribution in [1.82, 2.24) is 10.2 Å². The van der Waals surface area contributed by atoms with Gasteiger partial charge in [-0.1, -0.05) is 20.8 Å². The molecule has 1 aromatic carbocycles. The van der Waals surface area contributed by atoms with Crippen molar-refractivity contribution >= 4 is 0 Å². The number of nitrogens with zero attached hydrogens (tertiary/aromatic N) is 1. The number of halogens is 1. The molecule has 0 aliphatic heterocycles. The Hall–Kier alpha value is -1.84. The van der Waals surface area contributed by atoms with E-state index in [4.69, 9.17) is 4.74 Å². The first-order valence-corrected chi connectivity index (χ1v) is 6.40. The Morgan fingerprint density at radius 3 is 2.58 bits per heavy atom. The van der Waals surface area contributed by atoms with Crippen molar-refractivity contribution in [3.63, 3.8) is 0 Å². The molecule has 0 bridgehead atoms. The lowest BCUT2D eigenvalue weighted by Crippen LogP contribution is -2.11. The van der Waals surface area contributed by atoms with Gasteiger partial charge in [-0.15, -0.1) is 0 Å². The van der Waals surface area contributed by atoms with Crippen molar-refractivity contribution in [2.75, 3.05) is 6.61 Å². The van der Waals surface area contributed by atoms with Gasteiger partial charge in [-0.2, -0.15) is 5.10 Å². The summed E-state index contributed by atoms with van der Waals surface area (Å²) in [5, 5.41) is 7.33. The van der Waals surface area contributed by atoms with Gasteiger partial charge in [-0.25, -0.2) is 4.39 Å². The molecule has 2 aromatic rings. The number of hydrogen-bond acceptors (Lipinski definition) is 2. The summed E-state index contributed by atoms with van der Waals surface area (Å²) >= 11 is 0. The smallest absolute Gasteiger partial charge is 0.131 e. The predicted molar refractivity (Wildman–Crippen MR) is 73.9 cm³/mol. The van der Waals surface area contributed by atoms with Crippen LogP contribution in [0.25, 0.3) is 11.3 Å². The molecule has 1 aromatic heterocycles. The maximum Gasteiger partial charge on any atom is 0.131 e. The summed E-state index contributed by atoms with van der Waals surface area (Å²) in [7, 11) is 0. The lowest BCUT2D eigenvalue weighted by atomic mass is 9.92. The number of benzene rings is 1. The Bertz CT molecular complexity index is 570. The number of rotatable bonds is 3. The zero-order valence-electron chi connectivity index (χ0n) is 11.7. The molecule has 0 unspecified atom stereocenters. The Labute approximate surface area is 112 Å². The van der Waals surface area contributed by atoms with Crippen LogP contribution in [-0.2, 0) is 5.41 Å². The van der Waals surface area contributed by atoms with Crippen LogP contribution in [0.3, 0.4) is 0 Å². The molecule has 1 N–H and O–H groups in total. The summed E-state index contributed by atoms with van der Waals surface area (Å²) < 4.78 is 18.7. The number of aromatic amines is 1. The molecule has 19 heavy (non-hydrogen) atoms. The van der Waals surface area contributed by atoms with Crippen molar-refractivity contribution in [1.29, 1.82) is 0 Å². The van der Waals surface area contributed by atoms with Gasteiger partial charge in [-0.3, -0.25) is 5.10 Å². The zero-order chi connectivity index (χ0) is 14.0. The third kappa shape index (κ3) is 2.95. The molecular formula is C15H19FN2O. The number of ether oxygens (including phenoxy) is 1. The molecular weight excluding hydrogens is 243 g/mol. The Morgan fingerprint density at radius 1 is 1.26 bits per heavy atom. The highest BCUT2D eigenvalue weighted by atomic mass is 19.1. The zero-order valence-corrected chi connectivity index (χ0v) is 11.7. The predicted octanol–water partition coefficient (Wildman–Crippen LogP) is 3.91. The molecule has 0 aliphatic carbocycles. The average Bonchev–Trinajstić information content (AvgIpc) is 2.78. The molecule has 2 rings (SSSR count). The van der Waals surface area contributed by atoms with Gasteiger partial charge in [0.05, 0.1) is 12.3 Å². The van der Waals surface area contributed by atoms with E-state index in [9.17, 15) is 4.39 Å². The molecule has 1 heterocycles. The first-order valence-electron chi connectivity index (χ1n) is 6.40. The number of aromatic nitrogens is 2. The van der Waals surface area contributed by atoms with E-state index in [0.717, 1.165) is 17.0 Å². The highest BCUT2D eigenvalue weighted by molar-refractivity contribution is 5.67. The third-order valence-electron chi connectivity index (χ3n) is 2.91. The molecule has 0 aliphatic rings. The molecule has 0 amide bonds. The van der Waals surface area contributed by atoms with Crippen LogP contribution < -0.4 is 4.74 Å². The van der Waals surface area contributed by atoms with E-state index in [-0.39, 0.29) is 11.2 Å². The van der Waals surface area contributed by atoms with Crippen molar-refractivity contribution in [2.24, 2.45) is 0 Å². The van der Waals surface area contributed by atoms with Gasteiger partial charge in [-0.05, 0) is 25.1 Å². The van der Waals surface area contributed by atoms with Crippen LogP contribution in [0.2, 0.25) is 0 Å². The fourth-order valence-corrected chi connectivity index (χ4v) is 1.83. The van der Waals surface area contributed by atoms with Gasteiger partial charge in [0.25, 0.3) is 0 Å². The van der Waals surface area contributed by atoms with Crippen LogP contribution in [0, 0.1) is 5.82 Å². The summed E-state index contributed by atoms with van der Waals surface area (Å²) in [5.41, 5.74) is 2.61. The molecule has 4 heteroatoms. The molecule has 0 radical (unpaired) electrons. The van der Waals surface area contributed by atoms with Crippen LogP contribution >= 0.6 is 0 Å². The maximum atomic E-state index is 13.3. The van der Waals surface area contributed by atoms with Gasteiger partial charge in [0.15, 0.2) is 0 Å². The Morgan fingerprint density at radius 2 is 2.00 bits per heavy atom. The van der Waals surface area contributed by atoms with Crippen molar-refractivity contribution < 1.29 is 9.13 Å². The fraction of sp³-hybridized carbons (Fsp3) is 0.400. The molecule has 0 saturated carbocycles. The third-order valence-corrected chi connectivity index (χ3v) is 2.91.